The van der Waals surface area contributed by atoms with Gasteiger partial charge in [-0.2, -0.15) is 0 Å². The van der Waals surface area contributed by atoms with E-state index in [4.69, 9.17) is 16.3 Å². The Labute approximate surface area is 149 Å². The Morgan fingerprint density at radius 3 is 2.83 bits per heavy atom. The van der Waals surface area contributed by atoms with Gasteiger partial charge in [-0.25, -0.2) is 4.98 Å². The van der Waals surface area contributed by atoms with Crippen molar-refractivity contribution in [2.75, 3.05) is 26.8 Å². The van der Waals surface area contributed by atoms with Crippen molar-refractivity contribution in [1.29, 1.82) is 0 Å². The van der Waals surface area contributed by atoms with Crippen LogP contribution in [0.3, 0.4) is 0 Å². The number of benzene rings is 1. The quantitative estimate of drug-likeness (QED) is 0.735. The van der Waals surface area contributed by atoms with Gasteiger partial charge >= 0.3 is 0 Å². The Bertz CT molecular complexity index is 733. The molecule has 0 saturated carbocycles. The molecule has 2 amide bonds. The molecule has 6 nitrogen and oxygen atoms in total. The average Bonchev–Trinajstić information content (AvgIpc) is 2.95. The highest BCUT2D eigenvalue weighted by molar-refractivity contribution is 7.17. The number of carbonyl (C=O) groups excluding carboxylic acids is 2. The van der Waals surface area contributed by atoms with E-state index in [0.29, 0.717) is 33.8 Å². The van der Waals surface area contributed by atoms with Gasteiger partial charge in [-0.15, -0.1) is 11.3 Å². The highest BCUT2D eigenvalue weighted by atomic mass is 35.5. The number of methoxy groups -OCH3 is 1. The summed E-state index contributed by atoms with van der Waals surface area (Å²) < 4.78 is 4.84. The van der Waals surface area contributed by atoms with Crippen LogP contribution in [0.4, 0.5) is 0 Å². The van der Waals surface area contributed by atoms with Crippen molar-refractivity contribution in [3.05, 3.63) is 39.9 Å². The first-order valence-corrected chi connectivity index (χ1v) is 8.48. The summed E-state index contributed by atoms with van der Waals surface area (Å²) in [5.41, 5.74) is 1.47. The van der Waals surface area contributed by atoms with E-state index in [0.717, 1.165) is 5.56 Å². The van der Waals surface area contributed by atoms with Crippen molar-refractivity contribution in [3.63, 3.8) is 0 Å². The molecule has 2 N–H and O–H groups in total. The third-order valence-electron chi connectivity index (χ3n) is 3.11. The molecule has 0 aliphatic rings. The van der Waals surface area contributed by atoms with Crippen molar-refractivity contribution in [2.24, 2.45) is 0 Å². The zero-order chi connectivity index (χ0) is 17.5. The lowest BCUT2D eigenvalue weighted by Crippen LogP contribution is -2.38. The molecule has 8 heteroatoms. The molecule has 1 aromatic heterocycles. The molecule has 24 heavy (non-hydrogen) atoms. The van der Waals surface area contributed by atoms with Gasteiger partial charge in [0.1, 0.15) is 9.88 Å². The second-order valence-electron chi connectivity index (χ2n) is 4.97. The number of hydrogen-bond acceptors (Lipinski definition) is 5. The van der Waals surface area contributed by atoms with Crippen LogP contribution < -0.4 is 10.6 Å². The number of carbonyl (C=O) groups is 2. The van der Waals surface area contributed by atoms with Crippen molar-refractivity contribution < 1.29 is 14.3 Å². The van der Waals surface area contributed by atoms with Crippen LogP contribution >= 0.6 is 22.9 Å². The van der Waals surface area contributed by atoms with Gasteiger partial charge in [-0.05, 0) is 19.1 Å². The highest BCUT2D eigenvalue weighted by Gasteiger charge is 2.17. The number of aromatic nitrogens is 1. The molecular weight excluding hydrogens is 350 g/mol. The summed E-state index contributed by atoms with van der Waals surface area (Å²) in [7, 11) is 1.55. The molecule has 0 atom stereocenters. The van der Waals surface area contributed by atoms with Crippen molar-refractivity contribution in [3.8, 4) is 10.6 Å². The van der Waals surface area contributed by atoms with Gasteiger partial charge in [0.25, 0.3) is 5.91 Å². The van der Waals surface area contributed by atoms with Gasteiger partial charge in [0, 0.05) is 24.2 Å². The van der Waals surface area contributed by atoms with Gasteiger partial charge in [0.2, 0.25) is 5.91 Å². The Balaban J connectivity index is 1.99. The predicted octanol–water partition coefficient (Wildman–Crippen LogP) is 2.26. The van der Waals surface area contributed by atoms with Crippen LogP contribution in [-0.2, 0) is 9.53 Å². The van der Waals surface area contributed by atoms with E-state index in [1.165, 1.54) is 11.3 Å². The number of hydrogen-bond donors (Lipinski definition) is 2. The normalized spacial score (nSPS) is 10.5. The van der Waals surface area contributed by atoms with Gasteiger partial charge in [0.05, 0.1) is 18.8 Å². The van der Waals surface area contributed by atoms with E-state index in [-0.39, 0.29) is 18.4 Å². The Hall–Kier alpha value is -1.96. The van der Waals surface area contributed by atoms with Crippen LogP contribution in [-0.4, -0.2) is 43.6 Å². The minimum atomic E-state index is -0.319. The topological polar surface area (TPSA) is 80.3 Å². The molecule has 0 unspecified atom stereocenters. The average molecular weight is 368 g/mol. The van der Waals surface area contributed by atoms with E-state index in [1.54, 1.807) is 26.2 Å². The maximum Gasteiger partial charge on any atom is 0.263 e. The first-order chi connectivity index (χ1) is 11.5. The van der Waals surface area contributed by atoms with Crippen LogP contribution in [0.2, 0.25) is 5.02 Å². The molecule has 0 radical (unpaired) electrons. The lowest BCUT2D eigenvalue weighted by molar-refractivity contribution is -0.120. The second kappa shape index (κ2) is 8.77. The number of amides is 2. The van der Waals surface area contributed by atoms with E-state index in [1.807, 2.05) is 12.1 Å². The largest absolute Gasteiger partial charge is 0.383 e. The first-order valence-electron chi connectivity index (χ1n) is 7.28. The summed E-state index contributed by atoms with van der Waals surface area (Å²) in [6.07, 6.45) is 0. The van der Waals surface area contributed by atoms with Gasteiger partial charge in [-0.1, -0.05) is 23.7 Å². The van der Waals surface area contributed by atoms with E-state index < -0.39 is 0 Å². The fraction of sp³-hybridized carbons (Fsp3) is 0.312. The lowest BCUT2D eigenvalue weighted by atomic mass is 10.2. The van der Waals surface area contributed by atoms with Crippen LogP contribution in [0, 0.1) is 6.92 Å². The number of rotatable bonds is 7. The van der Waals surface area contributed by atoms with E-state index in [9.17, 15) is 9.59 Å². The molecule has 0 aliphatic carbocycles. The smallest absolute Gasteiger partial charge is 0.263 e. The maximum atomic E-state index is 12.2. The van der Waals surface area contributed by atoms with E-state index in [2.05, 4.69) is 15.6 Å². The zero-order valence-electron chi connectivity index (χ0n) is 13.4. The summed E-state index contributed by atoms with van der Waals surface area (Å²) in [6.45, 7) is 2.50. The summed E-state index contributed by atoms with van der Waals surface area (Å²) in [5, 5.41) is 6.55. The lowest BCUT2D eigenvalue weighted by Gasteiger charge is -2.05. The van der Waals surface area contributed by atoms with Gasteiger partial charge in [0.15, 0.2) is 0 Å². The number of aryl methyl sites for hydroxylation is 1. The third-order valence-corrected chi connectivity index (χ3v) is 4.55. The van der Waals surface area contributed by atoms with Crippen molar-refractivity contribution in [2.45, 2.75) is 6.92 Å². The second-order valence-corrected chi connectivity index (χ2v) is 6.40. The maximum absolute atomic E-state index is 12.2. The summed E-state index contributed by atoms with van der Waals surface area (Å²) in [4.78, 5) is 28.7. The summed E-state index contributed by atoms with van der Waals surface area (Å²) in [6, 6.07) is 7.29. The zero-order valence-corrected chi connectivity index (χ0v) is 15.0. The molecule has 128 valence electrons. The molecular formula is C16H18ClN3O3S. The predicted molar refractivity (Wildman–Crippen MR) is 94.5 cm³/mol. The summed E-state index contributed by atoms with van der Waals surface area (Å²) >= 11 is 7.25. The Morgan fingerprint density at radius 2 is 2.12 bits per heavy atom. The molecule has 1 aromatic carbocycles. The molecule has 0 aliphatic heterocycles. The molecule has 2 rings (SSSR count). The van der Waals surface area contributed by atoms with Gasteiger partial charge < -0.3 is 15.4 Å². The van der Waals surface area contributed by atoms with Crippen LogP contribution in [0.1, 0.15) is 15.4 Å². The molecule has 0 spiro atoms. The minimum absolute atomic E-state index is 0.0909. The van der Waals surface area contributed by atoms with Crippen molar-refractivity contribution in [1.82, 2.24) is 15.6 Å². The fourth-order valence-corrected chi connectivity index (χ4v) is 3.12. The van der Waals surface area contributed by atoms with E-state index >= 15 is 0 Å². The first kappa shape index (κ1) is 18.4. The molecule has 0 bridgehead atoms. The molecule has 1 heterocycles. The van der Waals surface area contributed by atoms with Crippen LogP contribution in [0.25, 0.3) is 10.6 Å². The summed E-state index contributed by atoms with van der Waals surface area (Å²) in [5.74, 6) is -0.585. The van der Waals surface area contributed by atoms with Crippen LogP contribution in [0.15, 0.2) is 24.3 Å². The molecule has 0 saturated heterocycles. The monoisotopic (exact) mass is 367 g/mol. The fourth-order valence-electron chi connectivity index (χ4n) is 1.95. The SMILES string of the molecule is COCCNC(=O)CNC(=O)c1sc(-c2cccc(Cl)c2)nc1C. The number of nitrogens with one attached hydrogen (secondary N) is 2. The highest BCUT2D eigenvalue weighted by Crippen LogP contribution is 2.29. The molecule has 0 fully saturated rings. The Morgan fingerprint density at radius 1 is 1.33 bits per heavy atom. The Kier molecular flexibility index (Phi) is 6.72. The number of ether oxygens (including phenoxy) is 1. The van der Waals surface area contributed by atoms with Crippen molar-refractivity contribution >= 4 is 34.8 Å². The standard InChI is InChI=1S/C16H18ClN3O3S/c1-10-14(15(22)19-9-13(21)18-6-7-23-2)24-16(20-10)11-4-3-5-12(17)8-11/h3-5,8H,6-7,9H2,1-2H3,(H,18,21)(H,19,22). The number of nitrogens with zero attached hydrogens (tertiary/aromatic N) is 1. The van der Waals surface area contributed by atoms with Crippen LogP contribution in [0.5, 0.6) is 0 Å². The van der Waals surface area contributed by atoms with Gasteiger partial charge in [-0.3, -0.25) is 9.59 Å². The third kappa shape index (κ3) is 5.02. The molecule has 2 aromatic rings. The minimum Gasteiger partial charge on any atom is -0.383 e. The number of halogens is 1. The number of thiazole rings is 1.